The van der Waals surface area contributed by atoms with Gasteiger partial charge in [-0.25, -0.2) is 0 Å². The zero-order chi connectivity index (χ0) is 13.8. The number of hydrogen-bond acceptors (Lipinski definition) is 1. The molecule has 0 aliphatic heterocycles. The third-order valence-corrected chi connectivity index (χ3v) is 4.49. The predicted octanol–water partition coefficient (Wildman–Crippen LogP) is 5.48. The van der Waals surface area contributed by atoms with Crippen molar-refractivity contribution < 1.29 is 0 Å². The summed E-state index contributed by atoms with van der Waals surface area (Å²) in [4.78, 5) is 2.54. The third-order valence-electron chi connectivity index (χ3n) is 3.86. The number of halogens is 2. The number of nitrogens with zero attached hydrogens (tertiary/aromatic N) is 1. The van der Waals surface area contributed by atoms with Crippen LogP contribution in [0.3, 0.4) is 0 Å². The predicted molar refractivity (Wildman–Crippen MR) is 85.4 cm³/mol. The van der Waals surface area contributed by atoms with E-state index in [2.05, 4.69) is 24.8 Å². The number of rotatable bonds is 5. The maximum absolute atomic E-state index is 6.31. The smallest absolute Gasteiger partial charge is 0.0509 e. The molecule has 1 aliphatic carbocycles. The van der Waals surface area contributed by atoms with Crippen LogP contribution in [-0.4, -0.2) is 12.6 Å². The summed E-state index contributed by atoms with van der Waals surface area (Å²) in [6.07, 6.45) is 5.27. The molecule has 0 spiro atoms. The van der Waals surface area contributed by atoms with Gasteiger partial charge >= 0.3 is 0 Å². The van der Waals surface area contributed by atoms with Crippen LogP contribution in [0.25, 0.3) is 0 Å². The lowest BCUT2D eigenvalue weighted by atomic mass is 10.1. The molecule has 0 amide bonds. The van der Waals surface area contributed by atoms with E-state index in [0.717, 1.165) is 17.1 Å². The fourth-order valence-electron chi connectivity index (χ4n) is 3.00. The van der Waals surface area contributed by atoms with Crippen molar-refractivity contribution in [2.75, 3.05) is 11.4 Å². The Hall–Kier alpha value is -0.400. The van der Waals surface area contributed by atoms with Crippen LogP contribution >= 0.6 is 23.2 Å². The summed E-state index contributed by atoms with van der Waals surface area (Å²) in [6.45, 7) is 5.62. The highest BCUT2D eigenvalue weighted by Gasteiger charge is 2.25. The molecule has 0 heterocycles. The fourth-order valence-corrected chi connectivity index (χ4v) is 3.59. The highest BCUT2D eigenvalue weighted by molar-refractivity contribution is 6.32. The third kappa shape index (κ3) is 3.58. The second kappa shape index (κ2) is 6.85. The van der Waals surface area contributed by atoms with Crippen LogP contribution in [0.15, 0.2) is 18.2 Å². The Balaban J connectivity index is 2.33. The monoisotopic (exact) mass is 299 g/mol. The molecule has 0 atom stereocenters. The minimum Gasteiger partial charge on any atom is -0.368 e. The Kier molecular flexibility index (Phi) is 5.41. The molecule has 0 radical (unpaired) electrons. The van der Waals surface area contributed by atoms with E-state index in [-0.39, 0.29) is 0 Å². The fraction of sp³-hybridized carbons (Fsp3) is 0.625. The Bertz CT molecular complexity index is 411. The SMILES string of the molecule is CC(C)CN(c1cccc(Cl)c1CCl)C1CCCC1. The van der Waals surface area contributed by atoms with Crippen LogP contribution in [0, 0.1) is 5.92 Å². The maximum Gasteiger partial charge on any atom is 0.0509 e. The van der Waals surface area contributed by atoms with E-state index in [1.54, 1.807) is 0 Å². The van der Waals surface area contributed by atoms with E-state index in [4.69, 9.17) is 23.2 Å². The van der Waals surface area contributed by atoms with E-state index < -0.39 is 0 Å². The van der Waals surface area contributed by atoms with Gasteiger partial charge in [-0.2, -0.15) is 0 Å². The van der Waals surface area contributed by atoms with Gasteiger partial charge in [0.25, 0.3) is 0 Å². The quantitative estimate of drug-likeness (QED) is 0.650. The van der Waals surface area contributed by atoms with Gasteiger partial charge in [-0.3, -0.25) is 0 Å². The van der Waals surface area contributed by atoms with Crippen molar-refractivity contribution >= 4 is 28.9 Å². The molecule has 0 aromatic heterocycles. The first kappa shape index (κ1) is 15.0. The first-order valence-corrected chi connectivity index (χ1v) is 8.14. The molecule has 3 heteroatoms. The Labute approximate surface area is 126 Å². The molecule has 0 bridgehead atoms. The van der Waals surface area contributed by atoms with Gasteiger partial charge in [0.15, 0.2) is 0 Å². The topological polar surface area (TPSA) is 3.24 Å². The highest BCUT2D eigenvalue weighted by Crippen LogP contribution is 2.34. The Morgan fingerprint density at radius 3 is 2.53 bits per heavy atom. The Morgan fingerprint density at radius 1 is 1.26 bits per heavy atom. The van der Waals surface area contributed by atoms with Crippen LogP contribution in [0.4, 0.5) is 5.69 Å². The molecule has 106 valence electrons. The molecule has 1 fully saturated rings. The maximum atomic E-state index is 6.31. The van der Waals surface area contributed by atoms with Gasteiger partial charge in [0, 0.05) is 28.9 Å². The summed E-state index contributed by atoms with van der Waals surface area (Å²) < 4.78 is 0. The van der Waals surface area contributed by atoms with Gasteiger partial charge in [-0.05, 0) is 30.9 Å². The zero-order valence-corrected chi connectivity index (χ0v) is 13.3. The molecule has 0 saturated heterocycles. The molecule has 2 rings (SSSR count). The molecular formula is C16H23Cl2N. The van der Waals surface area contributed by atoms with Crippen LogP contribution in [-0.2, 0) is 5.88 Å². The summed E-state index contributed by atoms with van der Waals surface area (Å²) in [6, 6.07) is 6.80. The molecule has 0 N–H and O–H groups in total. The molecule has 1 aromatic rings. The van der Waals surface area contributed by atoms with Crippen molar-refractivity contribution in [1.82, 2.24) is 0 Å². The van der Waals surface area contributed by atoms with E-state index in [0.29, 0.717) is 17.8 Å². The second-order valence-corrected chi connectivity index (χ2v) is 6.53. The number of benzene rings is 1. The number of hydrogen-bond donors (Lipinski definition) is 0. The van der Waals surface area contributed by atoms with E-state index in [9.17, 15) is 0 Å². The van der Waals surface area contributed by atoms with Crippen molar-refractivity contribution in [2.24, 2.45) is 5.92 Å². The number of alkyl halides is 1. The lowest BCUT2D eigenvalue weighted by Gasteiger charge is -2.34. The largest absolute Gasteiger partial charge is 0.368 e. The van der Waals surface area contributed by atoms with Crippen molar-refractivity contribution in [2.45, 2.75) is 51.5 Å². The minimum absolute atomic E-state index is 0.482. The molecule has 1 saturated carbocycles. The molecule has 1 aromatic carbocycles. The molecular weight excluding hydrogens is 277 g/mol. The van der Waals surface area contributed by atoms with Crippen molar-refractivity contribution in [1.29, 1.82) is 0 Å². The van der Waals surface area contributed by atoms with E-state index >= 15 is 0 Å². The summed E-state index contributed by atoms with van der Waals surface area (Å²) in [7, 11) is 0. The standard InChI is InChI=1S/C16H23Cl2N/c1-12(2)11-19(13-6-3-4-7-13)16-9-5-8-15(18)14(16)10-17/h5,8-9,12-13H,3-4,6-7,10-11H2,1-2H3. The van der Waals surface area contributed by atoms with Crippen LogP contribution in [0.1, 0.15) is 45.1 Å². The zero-order valence-electron chi connectivity index (χ0n) is 11.8. The first-order chi connectivity index (χ1) is 9.13. The van der Waals surface area contributed by atoms with Gasteiger partial charge < -0.3 is 4.90 Å². The van der Waals surface area contributed by atoms with Gasteiger partial charge in [0.2, 0.25) is 0 Å². The van der Waals surface area contributed by atoms with Gasteiger partial charge in [0.1, 0.15) is 0 Å². The van der Waals surface area contributed by atoms with Gasteiger partial charge in [-0.1, -0.05) is 44.4 Å². The summed E-state index contributed by atoms with van der Waals surface area (Å²) in [5.74, 6) is 1.12. The van der Waals surface area contributed by atoms with Crippen molar-refractivity contribution in [3.05, 3.63) is 28.8 Å². The Morgan fingerprint density at radius 2 is 1.95 bits per heavy atom. The average molecular weight is 300 g/mol. The van der Waals surface area contributed by atoms with E-state index in [1.165, 1.54) is 31.4 Å². The molecule has 19 heavy (non-hydrogen) atoms. The van der Waals surface area contributed by atoms with Crippen molar-refractivity contribution in [3.8, 4) is 0 Å². The van der Waals surface area contributed by atoms with Crippen molar-refractivity contribution in [3.63, 3.8) is 0 Å². The average Bonchev–Trinajstić information content (AvgIpc) is 2.89. The molecule has 1 aliphatic rings. The van der Waals surface area contributed by atoms with Crippen LogP contribution < -0.4 is 4.90 Å². The summed E-state index contributed by atoms with van der Waals surface area (Å²) >= 11 is 12.4. The lowest BCUT2D eigenvalue weighted by Crippen LogP contribution is -2.37. The van der Waals surface area contributed by atoms with Gasteiger partial charge in [-0.15, -0.1) is 11.6 Å². The van der Waals surface area contributed by atoms with Crippen LogP contribution in [0.2, 0.25) is 5.02 Å². The van der Waals surface area contributed by atoms with E-state index in [1.807, 2.05) is 12.1 Å². The van der Waals surface area contributed by atoms with Crippen LogP contribution in [0.5, 0.6) is 0 Å². The molecule has 0 unspecified atom stereocenters. The summed E-state index contributed by atoms with van der Waals surface area (Å²) in [5, 5.41) is 0.791. The minimum atomic E-state index is 0.482. The lowest BCUT2D eigenvalue weighted by molar-refractivity contribution is 0.535. The first-order valence-electron chi connectivity index (χ1n) is 7.23. The molecule has 1 nitrogen and oxygen atoms in total. The summed E-state index contributed by atoms with van der Waals surface area (Å²) in [5.41, 5.74) is 2.32. The van der Waals surface area contributed by atoms with Gasteiger partial charge in [0.05, 0.1) is 5.88 Å². The second-order valence-electron chi connectivity index (χ2n) is 5.86. The number of anilines is 1. The highest BCUT2D eigenvalue weighted by atomic mass is 35.5. The normalized spacial score (nSPS) is 16.3.